The fourth-order valence-corrected chi connectivity index (χ4v) is 4.46. The highest BCUT2D eigenvalue weighted by Gasteiger charge is 1.97. The fraction of sp³-hybridized carbons (Fsp3) is 0.500. The molecule has 0 atom stereocenters. The van der Waals surface area contributed by atoms with E-state index in [1.54, 1.807) is 0 Å². The molecule has 0 radical (unpaired) electrons. The van der Waals surface area contributed by atoms with Gasteiger partial charge >= 0.3 is 0 Å². The zero-order chi connectivity index (χ0) is 11.6. The summed E-state index contributed by atoms with van der Waals surface area (Å²) in [5, 5.41) is 0. The summed E-state index contributed by atoms with van der Waals surface area (Å²) in [6.07, 6.45) is 4.32. The Morgan fingerprint density at radius 2 is 1.31 bits per heavy atom. The summed E-state index contributed by atoms with van der Waals surface area (Å²) in [7, 11) is 0. The van der Waals surface area contributed by atoms with Gasteiger partial charge in [0.1, 0.15) is 0 Å². The van der Waals surface area contributed by atoms with Crippen LogP contribution in [0, 0.1) is 0 Å². The molecule has 0 N–H and O–H groups in total. The van der Waals surface area contributed by atoms with Crippen LogP contribution in [0.4, 0.5) is 0 Å². The molecule has 1 aromatic carbocycles. The van der Waals surface area contributed by atoms with Crippen molar-refractivity contribution in [2.75, 3.05) is 35.5 Å². The molecule has 0 amide bonds. The van der Waals surface area contributed by atoms with Gasteiger partial charge in [0.15, 0.2) is 0 Å². The Bertz CT molecular complexity index is 263. The molecule has 0 nitrogen and oxygen atoms in total. The standard InChI is InChI=1S/C12H18S4/c1-13-6-8-15-11-4-3-5-12(10-11)16-9-7-14-2/h3-5,10H,6-9H2,1-2H3. The van der Waals surface area contributed by atoms with Gasteiger partial charge in [0, 0.05) is 32.8 Å². The van der Waals surface area contributed by atoms with Crippen LogP contribution in [0.3, 0.4) is 0 Å². The van der Waals surface area contributed by atoms with E-state index in [4.69, 9.17) is 0 Å². The first-order chi connectivity index (χ1) is 7.86. The molecule has 16 heavy (non-hydrogen) atoms. The van der Waals surface area contributed by atoms with E-state index in [0.29, 0.717) is 0 Å². The minimum absolute atomic E-state index is 1.21. The third-order valence-corrected chi connectivity index (χ3v) is 5.65. The summed E-state index contributed by atoms with van der Waals surface area (Å²) in [4.78, 5) is 2.81. The molecule has 0 heterocycles. The lowest BCUT2D eigenvalue weighted by molar-refractivity contribution is 1.32. The lowest BCUT2D eigenvalue weighted by Crippen LogP contribution is -1.84. The number of hydrogen-bond donors (Lipinski definition) is 0. The molecule has 0 aromatic heterocycles. The molecule has 1 rings (SSSR count). The monoisotopic (exact) mass is 290 g/mol. The normalized spacial score (nSPS) is 10.6. The van der Waals surface area contributed by atoms with Gasteiger partial charge in [0.2, 0.25) is 0 Å². The number of rotatable bonds is 8. The van der Waals surface area contributed by atoms with Crippen molar-refractivity contribution in [2.24, 2.45) is 0 Å². The Morgan fingerprint density at radius 3 is 1.75 bits per heavy atom. The highest BCUT2D eigenvalue weighted by molar-refractivity contribution is 8.03. The zero-order valence-electron chi connectivity index (χ0n) is 9.77. The van der Waals surface area contributed by atoms with Gasteiger partial charge in [-0.05, 0) is 30.7 Å². The highest BCUT2D eigenvalue weighted by atomic mass is 32.2. The van der Waals surface area contributed by atoms with E-state index in [9.17, 15) is 0 Å². The summed E-state index contributed by atoms with van der Waals surface area (Å²) < 4.78 is 0. The summed E-state index contributed by atoms with van der Waals surface area (Å²) in [6.45, 7) is 0. The first-order valence-electron chi connectivity index (χ1n) is 5.20. The molecule has 90 valence electrons. The molecule has 0 aliphatic carbocycles. The van der Waals surface area contributed by atoms with Crippen molar-refractivity contribution in [1.29, 1.82) is 0 Å². The largest absolute Gasteiger partial charge is 0.165 e. The summed E-state index contributed by atoms with van der Waals surface area (Å²) >= 11 is 7.74. The number of thioether (sulfide) groups is 4. The Labute approximate surface area is 116 Å². The third kappa shape index (κ3) is 6.38. The first kappa shape index (κ1) is 14.7. The van der Waals surface area contributed by atoms with Gasteiger partial charge in [0.25, 0.3) is 0 Å². The molecular weight excluding hydrogens is 272 g/mol. The Morgan fingerprint density at radius 1 is 0.812 bits per heavy atom. The molecule has 0 bridgehead atoms. The average molecular weight is 291 g/mol. The van der Waals surface area contributed by atoms with Gasteiger partial charge < -0.3 is 0 Å². The maximum atomic E-state index is 2.32. The van der Waals surface area contributed by atoms with E-state index < -0.39 is 0 Å². The summed E-state index contributed by atoms with van der Waals surface area (Å²) in [5.74, 6) is 4.88. The lowest BCUT2D eigenvalue weighted by atomic mass is 10.4. The second-order valence-electron chi connectivity index (χ2n) is 3.16. The summed E-state index contributed by atoms with van der Waals surface area (Å²) in [6, 6.07) is 8.91. The Balaban J connectivity index is 2.37. The van der Waals surface area contributed by atoms with Crippen LogP contribution in [-0.4, -0.2) is 35.5 Å². The van der Waals surface area contributed by atoms with Crippen molar-refractivity contribution < 1.29 is 0 Å². The second-order valence-corrected chi connectivity index (χ2v) is 7.47. The maximum absolute atomic E-state index is 2.32. The van der Waals surface area contributed by atoms with Crippen molar-refractivity contribution in [3.63, 3.8) is 0 Å². The SMILES string of the molecule is CSCCSc1cccc(SCCSC)c1. The van der Waals surface area contributed by atoms with E-state index >= 15 is 0 Å². The minimum Gasteiger partial charge on any atom is -0.165 e. The fourth-order valence-electron chi connectivity index (χ4n) is 1.14. The van der Waals surface area contributed by atoms with Crippen LogP contribution in [0.2, 0.25) is 0 Å². The Hall–Kier alpha value is 0.620. The average Bonchev–Trinajstić information content (AvgIpc) is 2.30. The van der Waals surface area contributed by atoms with Crippen LogP contribution < -0.4 is 0 Å². The molecule has 0 saturated carbocycles. The predicted octanol–water partition coefficient (Wildman–Crippen LogP) is 4.60. The van der Waals surface area contributed by atoms with E-state index in [-0.39, 0.29) is 0 Å². The molecule has 4 heteroatoms. The van der Waals surface area contributed by atoms with Crippen molar-refractivity contribution in [3.8, 4) is 0 Å². The van der Waals surface area contributed by atoms with Gasteiger partial charge in [0.05, 0.1) is 0 Å². The molecule has 0 saturated heterocycles. The van der Waals surface area contributed by atoms with Gasteiger partial charge in [-0.25, -0.2) is 0 Å². The van der Waals surface area contributed by atoms with E-state index in [1.165, 1.54) is 32.8 Å². The molecular formula is C12H18S4. The van der Waals surface area contributed by atoms with E-state index in [2.05, 4.69) is 36.8 Å². The van der Waals surface area contributed by atoms with Gasteiger partial charge in [-0.3, -0.25) is 0 Å². The van der Waals surface area contributed by atoms with Crippen LogP contribution in [0.25, 0.3) is 0 Å². The molecule has 0 aliphatic rings. The zero-order valence-corrected chi connectivity index (χ0v) is 13.0. The maximum Gasteiger partial charge on any atom is 0.00833 e. The second kappa shape index (κ2) is 9.63. The lowest BCUT2D eigenvalue weighted by Gasteiger charge is -2.04. The Kier molecular flexibility index (Phi) is 8.84. The van der Waals surface area contributed by atoms with Crippen molar-refractivity contribution in [1.82, 2.24) is 0 Å². The topological polar surface area (TPSA) is 0 Å². The van der Waals surface area contributed by atoms with Crippen molar-refractivity contribution in [3.05, 3.63) is 24.3 Å². The molecule has 1 aromatic rings. The van der Waals surface area contributed by atoms with Crippen LogP contribution >= 0.6 is 47.0 Å². The highest BCUT2D eigenvalue weighted by Crippen LogP contribution is 2.25. The van der Waals surface area contributed by atoms with Crippen LogP contribution in [0.15, 0.2) is 34.1 Å². The van der Waals surface area contributed by atoms with Crippen LogP contribution in [0.5, 0.6) is 0 Å². The molecule has 0 aliphatic heterocycles. The van der Waals surface area contributed by atoms with E-state index in [1.807, 2.05) is 47.0 Å². The molecule has 0 fully saturated rings. The minimum atomic E-state index is 1.21. The summed E-state index contributed by atoms with van der Waals surface area (Å²) in [5.41, 5.74) is 0. The smallest absolute Gasteiger partial charge is 0.00833 e. The van der Waals surface area contributed by atoms with Gasteiger partial charge in [-0.2, -0.15) is 23.5 Å². The predicted molar refractivity (Wildman–Crippen MR) is 84.7 cm³/mol. The van der Waals surface area contributed by atoms with Crippen molar-refractivity contribution >= 4 is 47.0 Å². The van der Waals surface area contributed by atoms with Crippen LogP contribution in [0.1, 0.15) is 0 Å². The number of benzene rings is 1. The van der Waals surface area contributed by atoms with Gasteiger partial charge in [-0.1, -0.05) is 6.07 Å². The van der Waals surface area contributed by atoms with Crippen LogP contribution in [-0.2, 0) is 0 Å². The van der Waals surface area contributed by atoms with Crippen molar-refractivity contribution in [2.45, 2.75) is 9.79 Å². The quantitative estimate of drug-likeness (QED) is 0.507. The number of hydrogen-bond acceptors (Lipinski definition) is 4. The van der Waals surface area contributed by atoms with E-state index in [0.717, 1.165) is 0 Å². The molecule has 0 unspecified atom stereocenters. The molecule has 0 spiro atoms. The third-order valence-electron chi connectivity index (χ3n) is 1.92. The van der Waals surface area contributed by atoms with Gasteiger partial charge in [-0.15, -0.1) is 23.5 Å². The first-order valence-corrected chi connectivity index (χ1v) is 9.96.